The highest BCUT2D eigenvalue weighted by molar-refractivity contribution is 7.89. The fraction of sp³-hybridized carbons (Fsp3) is 0.571. The van der Waals surface area contributed by atoms with Gasteiger partial charge < -0.3 is 9.84 Å². The molecule has 112 valence electrons. The van der Waals surface area contributed by atoms with Gasteiger partial charge in [-0.1, -0.05) is 12.1 Å². The number of aryl methyl sites for hydroxylation is 1. The standard InChI is InChI=1S/C14H21NO4S/c1-11-3-4-12(10-16)9-14(11)20(17,18)15(2)13-5-7-19-8-6-13/h3-4,9,13,16H,5-8,10H2,1-2H3. The molecule has 5 nitrogen and oxygen atoms in total. The number of aliphatic hydroxyl groups excluding tert-OH is 1. The van der Waals surface area contributed by atoms with Gasteiger partial charge in [-0.2, -0.15) is 4.31 Å². The number of benzene rings is 1. The molecule has 1 aliphatic heterocycles. The van der Waals surface area contributed by atoms with Crippen molar-refractivity contribution in [3.63, 3.8) is 0 Å². The maximum Gasteiger partial charge on any atom is 0.243 e. The molecule has 0 aliphatic carbocycles. The molecule has 0 spiro atoms. The van der Waals surface area contributed by atoms with Crippen LogP contribution in [-0.4, -0.2) is 44.1 Å². The van der Waals surface area contributed by atoms with Crippen LogP contribution in [0, 0.1) is 6.92 Å². The van der Waals surface area contributed by atoms with E-state index in [1.54, 1.807) is 32.2 Å². The van der Waals surface area contributed by atoms with E-state index in [1.165, 1.54) is 4.31 Å². The minimum absolute atomic E-state index is 0.0223. The Labute approximate surface area is 120 Å². The second-order valence-electron chi connectivity index (χ2n) is 5.12. The number of rotatable bonds is 4. The summed E-state index contributed by atoms with van der Waals surface area (Å²) >= 11 is 0. The predicted octanol–water partition coefficient (Wildman–Crippen LogP) is 1.29. The van der Waals surface area contributed by atoms with Crippen molar-refractivity contribution in [3.8, 4) is 0 Å². The number of nitrogens with zero attached hydrogens (tertiary/aromatic N) is 1. The lowest BCUT2D eigenvalue weighted by Gasteiger charge is -2.30. The van der Waals surface area contributed by atoms with Crippen LogP contribution in [0.2, 0.25) is 0 Å². The highest BCUT2D eigenvalue weighted by Gasteiger charge is 2.30. The molecule has 1 aliphatic rings. The SMILES string of the molecule is Cc1ccc(CO)cc1S(=O)(=O)N(C)C1CCOCC1. The van der Waals surface area contributed by atoms with Crippen molar-refractivity contribution in [2.75, 3.05) is 20.3 Å². The van der Waals surface area contributed by atoms with Crippen molar-refractivity contribution < 1.29 is 18.3 Å². The fourth-order valence-electron chi connectivity index (χ4n) is 2.42. The first-order valence-electron chi connectivity index (χ1n) is 6.73. The van der Waals surface area contributed by atoms with Gasteiger partial charge in [-0.15, -0.1) is 0 Å². The molecule has 0 atom stereocenters. The molecule has 0 saturated carbocycles. The summed E-state index contributed by atoms with van der Waals surface area (Å²) in [7, 11) is -1.91. The maximum absolute atomic E-state index is 12.7. The van der Waals surface area contributed by atoms with E-state index >= 15 is 0 Å². The van der Waals surface area contributed by atoms with E-state index in [2.05, 4.69) is 0 Å². The number of sulfonamides is 1. The molecule has 1 aromatic carbocycles. The zero-order valence-corrected chi connectivity index (χ0v) is 12.7. The molecule has 20 heavy (non-hydrogen) atoms. The van der Waals surface area contributed by atoms with Gasteiger partial charge in [-0.3, -0.25) is 0 Å². The highest BCUT2D eigenvalue weighted by Crippen LogP contribution is 2.25. The normalized spacial score (nSPS) is 17.6. The Morgan fingerprint density at radius 2 is 2.00 bits per heavy atom. The number of ether oxygens (including phenoxy) is 1. The quantitative estimate of drug-likeness (QED) is 0.909. The third-order valence-electron chi connectivity index (χ3n) is 3.80. The summed E-state index contributed by atoms with van der Waals surface area (Å²) in [4.78, 5) is 0.276. The van der Waals surface area contributed by atoms with Crippen LogP contribution in [0.15, 0.2) is 23.1 Å². The topological polar surface area (TPSA) is 66.8 Å². The van der Waals surface area contributed by atoms with E-state index in [0.717, 1.165) is 0 Å². The third kappa shape index (κ3) is 3.03. The van der Waals surface area contributed by atoms with E-state index in [1.807, 2.05) is 0 Å². The lowest BCUT2D eigenvalue weighted by atomic mass is 10.1. The first-order valence-corrected chi connectivity index (χ1v) is 8.17. The van der Waals surface area contributed by atoms with Gasteiger partial charge in [-0.25, -0.2) is 8.42 Å². The molecule has 0 unspecified atom stereocenters. The van der Waals surface area contributed by atoms with E-state index in [0.29, 0.717) is 37.2 Å². The molecular weight excluding hydrogens is 278 g/mol. The monoisotopic (exact) mass is 299 g/mol. The Balaban J connectivity index is 2.33. The Kier molecular flexibility index (Phi) is 4.80. The van der Waals surface area contributed by atoms with Crippen molar-refractivity contribution in [3.05, 3.63) is 29.3 Å². The summed E-state index contributed by atoms with van der Waals surface area (Å²) in [5.41, 5.74) is 1.30. The van der Waals surface area contributed by atoms with Gasteiger partial charge in [0.15, 0.2) is 0 Å². The predicted molar refractivity (Wildman–Crippen MR) is 75.9 cm³/mol. The van der Waals surface area contributed by atoms with Gasteiger partial charge >= 0.3 is 0 Å². The lowest BCUT2D eigenvalue weighted by Crippen LogP contribution is -2.40. The first-order chi connectivity index (χ1) is 9.46. The summed E-state index contributed by atoms with van der Waals surface area (Å²) in [5, 5.41) is 9.18. The number of hydrogen-bond donors (Lipinski definition) is 1. The van der Waals surface area contributed by atoms with Crippen LogP contribution in [0.5, 0.6) is 0 Å². The van der Waals surface area contributed by atoms with Crippen LogP contribution >= 0.6 is 0 Å². The third-order valence-corrected chi connectivity index (χ3v) is 5.85. The Hall–Kier alpha value is -0.950. The number of aliphatic hydroxyl groups is 1. The second kappa shape index (κ2) is 6.22. The van der Waals surface area contributed by atoms with Crippen LogP contribution in [0.25, 0.3) is 0 Å². The van der Waals surface area contributed by atoms with Gasteiger partial charge in [0.2, 0.25) is 10.0 Å². The molecule has 1 fully saturated rings. The van der Waals surface area contributed by atoms with E-state index in [4.69, 9.17) is 4.74 Å². The summed E-state index contributed by atoms with van der Waals surface area (Å²) in [6.45, 7) is 2.80. The van der Waals surface area contributed by atoms with Crippen molar-refractivity contribution in [1.29, 1.82) is 0 Å². The van der Waals surface area contributed by atoms with Crippen molar-refractivity contribution in [1.82, 2.24) is 4.31 Å². The Morgan fingerprint density at radius 3 is 2.60 bits per heavy atom. The minimum Gasteiger partial charge on any atom is -0.392 e. The van der Waals surface area contributed by atoms with Crippen molar-refractivity contribution in [2.45, 2.75) is 37.3 Å². The first kappa shape index (κ1) is 15.4. The largest absolute Gasteiger partial charge is 0.392 e. The van der Waals surface area contributed by atoms with Gasteiger partial charge in [0.1, 0.15) is 0 Å². The van der Waals surface area contributed by atoms with Crippen LogP contribution < -0.4 is 0 Å². The van der Waals surface area contributed by atoms with Gasteiger partial charge in [0.05, 0.1) is 11.5 Å². The zero-order valence-electron chi connectivity index (χ0n) is 11.9. The molecule has 2 rings (SSSR count). The molecule has 0 amide bonds. The molecule has 1 aromatic rings. The van der Waals surface area contributed by atoms with E-state index in [-0.39, 0.29) is 17.5 Å². The van der Waals surface area contributed by atoms with Gasteiger partial charge in [0.25, 0.3) is 0 Å². The Morgan fingerprint density at radius 1 is 1.35 bits per heavy atom. The van der Waals surface area contributed by atoms with Crippen LogP contribution in [0.3, 0.4) is 0 Å². The molecule has 1 saturated heterocycles. The summed E-state index contributed by atoms with van der Waals surface area (Å²) < 4.78 is 32.2. The Bertz CT molecular complexity index is 565. The van der Waals surface area contributed by atoms with Crippen molar-refractivity contribution in [2.24, 2.45) is 0 Å². The molecule has 0 bridgehead atoms. The van der Waals surface area contributed by atoms with Gasteiger partial charge in [-0.05, 0) is 37.0 Å². The van der Waals surface area contributed by atoms with E-state index in [9.17, 15) is 13.5 Å². The summed E-state index contributed by atoms with van der Waals surface area (Å²) in [6, 6.07) is 5.01. The van der Waals surface area contributed by atoms with Gasteiger partial charge in [0, 0.05) is 26.3 Å². The smallest absolute Gasteiger partial charge is 0.243 e. The minimum atomic E-state index is -3.54. The average Bonchev–Trinajstić information content (AvgIpc) is 2.47. The van der Waals surface area contributed by atoms with Crippen molar-refractivity contribution >= 4 is 10.0 Å². The van der Waals surface area contributed by atoms with Crippen LogP contribution in [0.1, 0.15) is 24.0 Å². The summed E-state index contributed by atoms with van der Waals surface area (Å²) in [5.74, 6) is 0. The fourth-order valence-corrected chi connectivity index (χ4v) is 4.11. The maximum atomic E-state index is 12.7. The second-order valence-corrected chi connectivity index (χ2v) is 7.09. The number of hydrogen-bond acceptors (Lipinski definition) is 4. The zero-order chi connectivity index (χ0) is 14.8. The molecule has 1 heterocycles. The lowest BCUT2D eigenvalue weighted by molar-refractivity contribution is 0.0632. The van der Waals surface area contributed by atoms with Crippen LogP contribution in [0.4, 0.5) is 0 Å². The molecule has 1 N–H and O–H groups in total. The van der Waals surface area contributed by atoms with E-state index < -0.39 is 10.0 Å². The average molecular weight is 299 g/mol. The molecule has 6 heteroatoms. The highest BCUT2D eigenvalue weighted by atomic mass is 32.2. The molecular formula is C14H21NO4S. The van der Waals surface area contributed by atoms with Crippen LogP contribution in [-0.2, 0) is 21.4 Å². The molecule has 0 radical (unpaired) electrons. The molecule has 0 aromatic heterocycles. The summed E-state index contributed by atoms with van der Waals surface area (Å²) in [6.07, 6.45) is 1.43.